The number of hydrogen-bond acceptors (Lipinski definition) is 3. The summed E-state index contributed by atoms with van der Waals surface area (Å²) < 4.78 is 0. The fourth-order valence-corrected chi connectivity index (χ4v) is 2.74. The summed E-state index contributed by atoms with van der Waals surface area (Å²) in [7, 11) is 0. The quantitative estimate of drug-likeness (QED) is 0.846. The molecule has 1 heterocycles. The van der Waals surface area contributed by atoms with Crippen molar-refractivity contribution in [3.05, 3.63) is 57.3 Å². The van der Waals surface area contributed by atoms with E-state index in [0.717, 1.165) is 27.8 Å². The molecule has 0 radical (unpaired) electrons. The van der Waals surface area contributed by atoms with Gasteiger partial charge in [0.05, 0.1) is 5.56 Å². The highest BCUT2D eigenvalue weighted by molar-refractivity contribution is 7.11. The average Bonchev–Trinajstić information content (AvgIpc) is 2.83. The van der Waals surface area contributed by atoms with Gasteiger partial charge in [-0.05, 0) is 49.2 Å². The summed E-state index contributed by atoms with van der Waals surface area (Å²) in [6.07, 6.45) is 2.53. The molecule has 21 heavy (non-hydrogen) atoms. The maximum Gasteiger partial charge on any atom is 0.328 e. The first-order valence-electron chi connectivity index (χ1n) is 6.33. The molecule has 0 fully saturated rings. The van der Waals surface area contributed by atoms with Crippen LogP contribution in [0.25, 0.3) is 6.08 Å². The van der Waals surface area contributed by atoms with E-state index < -0.39 is 5.97 Å². The van der Waals surface area contributed by atoms with Gasteiger partial charge in [-0.15, -0.1) is 11.3 Å². The zero-order valence-electron chi connectivity index (χ0n) is 11.7. The summed E-state index contributed by atoms with van der Waals surface area (Å²) in [6, 6.07) is 7.52. The molecule has 2 N–H and O–H groups in total. The smallest absolute Gasteiger partial charge is 0.328 e. The van der Waals surface area contributed by atoms with E-state index in [1.807, 2.05) is 32.0 Å². The van der Waals surface area contributed by atoms with Crippen molar-refractivity contribution in [1.29, 1.82) is 0 Å². The van der Waals surface area contributed by atoms with E-state index in [1.165, 1.54) is 17.4 Å². The fraction of sp³-hybridized carbons (Fsp3) is 0.125. The van der Waals surface area contributed by atoms with Crippen molar-refractivity contribution < 1.29 is 14.7 Å². The van der Waals surface area contributed by atoms with Crippen LogP contribution in [0.1, 0.15) is 26.4 Å². The van der Waals surface area contributed by atoms with Gasteiger partial charge in [0.2, 0.25) is 0 Å². The minimum atomic E-state index is -1.01. The second-order valence-electron chi connectivity index (χ2n) is 4.74. The lowest BCUT2D eigenvalue weighted by molar-refractivity contribution is -0.131. The van der Waals surface area contributed by atoms with Crippen LogP contribution < -0.4 is 5.32 Å². The molecule has 0 aliphatic carbocycles. The summed E-state index contributed by atoms with van der Waals surface area (Å²) in [6.45, 7) is 3.95. The Labute approximate surface area is 126 Å². The summed E-state index contributed by atoms with van der Waals surface area (Å²) in [4.78, 5) is 23.3. The Morgan fingerprint density at radius 2 is 1.81 bits per heavy atom. The Kier molecular flexibility index (Phi) is 4.55. The number of thiophene rings is 1. The van der Waals surface area contributed by atoms with Gasteiger partial charge >= 0.3 is 5.97 Å². The number of carboxylic acid groups (broad SMARTS) is 1. The van der Waals surface area contributed by atoms with Gasteiger partial charge < -0.3 is 10.4 Å². The van der Waals surface area contributed by atoms with E-state index in [-0.39, 0.29) is 5.91 Å². The maximum atomic E-state index is 12.1. The second-order valence-corrected chi connectivity index (χ2v) is 5.68. The van der Waals surface area contributed by atoms with Gasteiger partial charge in [-0.1, -0.05) is 6.07 Å². The molecule has 5 heteroatoms. The minimum absolute atomic E-state index is 0.203. The van der Waals surface area contributed by atoms with Gasteiger partial charge in [0.15, 0.2) is 0 Å². The molecule has 1 amide bonds. The van der Waals surface area contributed by atoms with Gasteiger partial charge in [0, 0.05) is 22.0 Å². The summed E-state index contributed by atoms with van der Waals surface area (Å²) in [5.41, 5.74) is 3.44. The summed E-state index contributed by atoms with van der Waals surface area (Å²) >= 11 is 1.33. The monoisotopic (exact) mass is 301 g/mol. The predicted molar refractivity (Wildman–Crippen MR) is 84.9 cm³/mol. The molecular formula is C16H15NO3S. The normalized spacial score (nSPS) is 10.8. The largest absolute Gasteiger partial charge is 0.478 e. The van der Waals surface area contributed by atoms with E-state index >= 15 is 0 Å². The van der Waals surface area contributed by atoms with Crippen molar-refractivity contribution >= 4 is 35.0 Å². The number of carbonyl (C=O) groups excluding carboxylic acids is 1. The molecule has 0 unspecified atom stereocenters. The third kappa shape index (κ3) is 4.29. The first-order valence-corrected chi connectivity index (χ1v) is 7.21. The fourth-order valence-electron chi connectivity index (χ4n) is 1.96. The Bertz CT molecular complexity index is 696. The molecule has 1 aromatic carbocycles. The maximum absolute atomic E-state index is 12.1. The van der Waals surface area contributed by atoms with Crippen LogP contribution in [0, 0.1) is 13.8 Å². The zero-order valence-corrected chi connectivity index (χ0v) is 12.5. The van der Waals surface area contributed by atoms with Gasteiger partial charge in [-0.2, -0.15) is 0 Å². The van der Waals surface area contributed by atoms with Crippen molar-refractivity contribution in [3.63, 3.8) is 0 Å². The lowest BCUT2D eigenvalue weighted by Gasteiger charge is -2.06. The molecule has 0 saturated carbocycles. The van der Waals surface area contributed by atoms with Gasteiger partial charge in [-0.25, -0.2) is 4.79 Å². The number of carbonyl (C=O) groups is 2. The molecule has 0 saturated heterocycles. The molecule has 4 nitrogen and oxygen atoms in total. The van der Waals surface area contributed by atoms with Crippen molar-refractivity contribution in [2.45, 2.75) is 13.8 Å². The molecule has 0 aliphatic rings. The van der Waals surface area contributed by atoms with Crippen molar-refractivity contribution in [2.75, 3.05) is 5.32 Å². The Balaban J connectivity index is 2.11. The number of benzene rings is 1. The van der Waals surface area contributed by atoms with Gasteiger partial charge in [0.25, 0.3) is 5.91 Å². The Morgan fingerprint density at radius 3 is 2.43 bits per heavy atom. The number of hydrogen-bond donors (Lipinski definition) is 2. The average molecular weight is 301 g/mol. The number of aryl methyl sites for hydroxylation is 2. The lowest BCUT2D eigenvalue weighted by Crippen LogP contribution is -2.11. The topological polar surface area (TPSA) is 66.4 Å². The van der Waals surface area contributed by atoms with Crippen molar-refractivity contribution in [1.82, 2.24) is 0 Å². The minimum Gasteiger partial charge on any atom is -0.478 e. The lowest BCUT2D eigenvalue weighted by atomic mass is 10.1. The van der Waals surface area contributed by atoms with Crippen LogP contribution in [0.15, 0.2) is 35.7 Å². The van der Waals surface area contributed by atoms with Crippen molar-refractivity contribution in [3.8, 4) is 0 Å². The molecule has 2 rings (SSSR count). The van der Waals surface area contributed by atoms with E-state index in [1.54, 1.807) is 11.4 Å². The van der Waals surface area contributed by atoms with Crippen LogP contribution in [-0.4, -0.2) is 17.0 Å². The summed E-state index contributed by atoms with van der Waals surface area (Å²) in [5.74, 6) is -1.21. The number of nitrogens with one attached hydrogen (secondary N) is 1. The van der Waals surface area contributed by atoms with Crippen LogP contribution in [0.2, 0.25) is 0 Å². The van der Waals surface area contributed by atoms with Gasteiger partial charge in [0.1, 0.15) is 0 Å². The molecular weight excluding hydrogens is 286 g/mol. The van der Waals surface area contributed by atoms with Crippen LogP contribution in [0.5, 0.6) is 0 Å². The van der Waals surface area contributed by atoms with Crippen LogP contribution in [0.3, 0.4) is 0 Å². The van der Waals surface area contributed by atoms with E-state index in [0.29, 0.717) is 5.56 Å². The highest BCUT2D eigenvalue weighted by Crippen LogP contribution is 2.19. The number of anilines is 1. The summed E-state index contributed by atoms with van der Waals surface area (Å²) in [5, 5.41) is 13.1. The molecule has 0 bridgehead atoms. The number of aliphatic carboxylic acids is 1. The predicted octanol–water partition coefficient (Wildman–Crippen LogP) is 3.72. The molecule has 0 aliphatic heterocycles. The van der Waals surface area contributed by atoms with Gasteiger partial charge in [-0.3, -0.25) is 4.79 Å². The third-order valence-electron chi connectivity index (χ3n) is 2.75. The van der Waals surface area contributed by atoms with Crippen molar-refractivity contribution in [2.24, 2.45) is 0 Å². The number of rotatable bonds is 4. The highest BCUT2D eigenvalue weighted by Gasteiger charge is 2.09. The first-order chi connectivity index (χ1) is 9.94. The molecule has 108 valence electrons. The van der Waals surface area contributed by atoms with E-state index in [4.69, 9.17) is 5.11 Å². The highest BCUT2D eigenvalue weighted by atomic mass is 32.1. The Hall–Kier alpha value is -2.40. The molecule has 0 spiro atoms. The standard InChI is InChI=1S/C16H15NO3S/c1-10-5-11(2)7-13(6-10)17-16(20)12-8-14(21-9-12)3-4-15(18)19/h3-9H,1-2H3,(H,17,20)(H,18,19). The second kappa shape index (κ2) is 6.37. The molecule has 0 atom stereocenters. The SMILES string of the molecule is Cc1cc(C)cc(NC(=O)c2csc(C=CC(=O)O)c2)c1. The zero-order chi connectivity index (χ0) is 15.4. The number of carboxylic acids is 1. The van der Waals surface area contributed by atoms with Crippen LogP contribution in [-0.2, 0) is 4.79 Å². The van der Waals surface area contributed by atoms with E-state index in [2.05, 4.69) is 5.32 Å². The van der Waals surface area contributed by atoms with Crippen LogP contribution in [0.4, 0.5) is 5.69 Å². The third-order valence-corrected chi connectivity index (χ3v) is 3.65. The van der Waals surface area contributed by atoms with Crippen LogP contribution >= 0.6 is 11.3 Å². The Morgan fingerprint density at radius 1 is 1.14 bits per heavy atom. The van der Waals surface area contributed by atoms with E-state index in [9.17, 15) is 9.59 Å². The molecule has 1 aromatic heterocycles. The number of amides is 1. The first kappa shape index (κ1) is 15.0. The molecule has 2 aromatic rings.